The summed E-state index contributed by atoms with van der Waals surface area (Å²) in [4.78, 5) is 16.0. The van der Waals surface area contributed by atoms with Gasteiger partial charge in [0.2, 0.25) is 0 Å². The van der Waals surface area contributed by atoms with Crippen LogP contribution in [0.2, 0.25) is 5.02 Å². The van der Waals surface area contributed by atoms with Gasteiger partial charge < -0.3 is 0 Å². The van der Waals surface area contributed by atoms with Crippen LogP contribution in [0.4, 0.5) is 0 Å². The molecule has 0 spiro atoms. The molecule has 0 amide bonds. The lowest BCUT2D eigenvalue weighted by atomic mass is 10.0. The van der Waals surface area contributed by atoms with Crippen molar-refractivity contribution in [2.45, 2.75) is 13.3 Å². The number of aromatic nitrogens is 1. The van der Waals surface area contributed by atoms with E-state index in [4.69, 9.17) is 11.6 Å². The van der Waals surface area contributed by atoms with Gasteiger partial charge in [-0.15, -0.1) is 0 Å². The van der Waals surface area contributed by atoms with Crippen molar-refractivity contribution in [2.24, 2.45) is 0 Å². The molecule has 0 fully saturated rings. The molecule has 17 heavy (non-hydrogen) atoms. The van der Waals surface area contributed by atoms with E-state index in [2.05, 4.69) is 4.98 Å². The van der Waals surface area contributed by atoms with Gasteiger partial charge in [-0.3, -0.25) is 9.78 Å². The van der Waals surface area contributed by atoms with E-state index in [1.54, 1.807) is 30.6 Å². The molecule has 0 N–H and O–H groups in total. The summed E-state index contributed by atoms with van der Waals surface area (Å²) in [6.45, 7) is 1.89. The fraction of sp³-hybridized carbons (Fsp3) is 0.143. The van der Waals surface area contributed by atoms with Crippen LogP contribution in [0.25, 0.3) is 0 Å². The number of Topliss-reactive ketones (excluding diaryl/α,β-unsaturated/α-hetero) is 1. The highest BCUT2D eigenvalue weighted by molar-refractivity contribution is 6.30. The van der Waals surface area contributed by atoms with Gasteiger partial charge in [0.25, 0.3) is 0 Å². The number of benzene rings is 1. The number of carbonyl (C=O) groups excluding carboxylic acids is 1. The number of ketones is 1. The molecule has 0 aliphatic rings. The van der Waals surface area contributed by atoms with Crippen molar-refractivity contribution in [2.75, 3.05) is 0 Å². The summed E-state index contributed by atoms with van der Waals surface area (Å²) in [6, 6.07) is 9.09. The standard InChI is InChI=1S/C14H12ClNO/c1-10-9-16-7-6-13(10)14(17)8-11-2-4-12(15)5-3-11/h2-7,9H,8H2,1H3. The molecule has 1 aromatic carbocycles. The Bertz CT molecular complexity index is 534. The third-order valence-corrected chi connectivity index (χ3v) is 2.85. The minimum Gasteiger partial charge on any atom is -0.294 e. The van der Waals surface area contributed by atoms with Gasteiger partial charge in [-0.2, -0.15) is 0 Å². The first-order chi connectivity index (χ1) is 8.16. The summed E-state index contributed by atoms with van der Waals surface area (Å²) < 4.78 is 0. The van der Waals surface area contributed by atoms with Gasteiger partial charge >= 0.3 is 0 Å². The molecule has 0 aliphatic heterocycles. The molecule has 1 heterocycles. The summed E-state index contributed by atoms with van der Waals surface area (Å²) in [5.74, 6) is 0.104. The Morgan fingerprint density at radius 3 is 2.59 bits per heavy atom. The quantitative estimate of drug-likeness (QED) is 0.775. The van der Waals surface area contributed by atoms with E-state index in [0.29, 0.717) is 11.4 Å². The Balaban J connectivity index is 2.17. The largest absolute Gasteiger partial charge is 0.294 e. The number of hydrogen-bond donors (Lipinski definition) is 0. The number of nitrogens with zero attached hydrogens (tertiary/aromatic N) is 1. The maximum atomic E-state index is 12.1. The first-order valence-corrected chi connectivity index (χ1v) is 5.73. The zero-order valence-corrected chi connectivity index (χ0v) is 10.2. The second kappa shape index (κ2) is 5.11. The number of rotatable bonds is 3. The fourth-order valence-electron chi connectivity index (χ4n) is 1.67. The summed E-state index contributed by atoms with van der Waals surface area (Å²) in [7, 11) is 0. The number of hydrogen-bond acceptors (Lipinski definition) is 2. The SMILES string of the molecule is Cc1cnccc1C(=O)Cc1ccc(Cl)cc1. The summed E-state index contributed by atoms with van der Waals surface area (Å²) >= 11 is 5.80. The Morgan fingerprint density at radius 2 is 1.94 bits per heavy atom. The molecule has 0 aliphatic carbocycles. The number of pyridine rings is 1. The van der Waals surface area contributed by atoms with Crippen LogP contribution in [0, 0.1) is 6.92 Å². The molecular formula is C14H12ClNO. The minimum atomic E-state index is 0.104. The van der Waals surface area contributed by atoms with E-state index in [-0.39, 0.29) is 5.78 Å². The van der Waals surface area contributed by atoms with Crippen LogP contribution in [-0.2, 0) is 6.42 Å². The predicted octanol–water partition coefficient (Wildman–Crippen LogP) is 3.47. The topological polar surface area (TPSA) is 30.0 Å². The van der Waals surface area contributed by atoms with Gasteiger partial charge in [0.15, 0.2) is 5.78 Å². The summed E-state index contributed by atoms with van der Waals surface area (Å²) in [5, 5.41) is 0.682. The lowest BCUT2D eigenvalue weighted by Gasteiger charge is -2.04. The first kappa shape index (κ1) is 11.8. The molecule has 0 radical (unpaired) electrons. The average molecular weight is 246 g/mol. The van der Waals surface area contributed by atoms with Crippen LogP contribution < -0.4 is 0 Å². The molecule has 0 saturated carbocycles. The van der Waals surface area contributed by atoms with Crippen LogP contribution >= 0.6 is 11.6 Å². The van der Waals surface area contributed by atoms with Crippen molar-refractivity contribution < 1.29 is 4.79 Å². The molecule has 0 atom stereocenters. The van der Waals surface area contributed by atoms with E-state index < -0.39 is 0 Å². The lowest BCUT2D eigenvalue weighted by Crippen LogP contribution is -2.05. The van der Waals surface area contributed by atoms with Crippen molar-refractivity contribution >= 4 is 17.4 Å². The molecule has 2 aromatic rings. The van der Waals surface area contributed by atoms with Crippen LogP contribution in [0.15, 0.2) is 42.7 Å². The second-order valence-corrected chi connectivity index (χ2v) is 4.35. The maximum Gasteiger partial charge on any atom is 0.167 e. The summed E-state index contributed by atoms with van der Waals surface area (Å²) in [6.07, 6.45) is 3.74. The molecule has 86 valence electrons. The molecule has 0 saturated heterocycles. The van der Waals surface area contributed by atoms with Gasteiger partial charge in [-0.1, -0.05) is 23.7 Å². The van der Waals surface area contributed by atoms with Gasteiger partial charge in [0.1, 0.15) is 0 Å². The van der Waals surface area contributed by atoms with Gasteiger partial charge in [0, 0.05) is 29.4 Å². The van der Waals surface area contributed by atoms with E-state index in [9.17, 15) is 4.79 Å². The molecule has 0 unspecified atom stereocenters. The Kier molecular flexibility index (Phi) is 3.55. The monoisotopic (exact) mass is 245 g/mol. The third kappa shape index (κ3) is 2.92. The Labute approximate surface area is 105 Å². The molecule has 3 heteroatoms. The van der Waals surface area contributed by atoms with Crippen molar-refractivity contribution in [1.82, 2.24) is 4.98 Å². The zero-order valence-electron chi connectivity index (χ0n) is 9.48. The van der Waals surface area contributed by atoms with E-state index in [0.717, 1.165) is 16.7 Å². The van der Waals surface area contributed by atoms with Gasteiger partial charge in [-0.25, -0.2) is 0 Å². The highest BCUT2D eigenvalue weighted by atomic mass is 35.5. The fourth-order valence-corrected chi connectivity index (χ4v) is 1.80. The van der Waals surface area contributed by atoms with Crippen LogP contribution in [0.3, 0.4) is 0 Å². The van der Waals surface area contributed by atoms with Crippen molar-refractivity contribution in [3.05, 3.63) is 64.4 Å². The van der Waals surface area contributed by atoms with Crippen LogP contribution in [0.5, 0.6) is 0 Å². The molecule has 2 rings (SSSR count). The third-order valence-electron chi connectivity index (χ3n) is 2.60. The van der Waals surface area contributed by atoms with Crippen molar-refractivity contribution in [3.63, 3.8) is 0 Å². The van der Waals surface area contributed by atoms with Gasteiger partial charge in [0.05, 0.1) is 0 Å². The highest BCUT2D eigenvalue weighted by Gasteiger charge is 2.09. The van der Waals surface area contributed by atoms with Crippen molar-refractivity contribution in [3.8, 4) is 0 Å². The van der Waals surface area contributed by atoms with Crippen LogP contribution in [0.1, 0.15) is 21.5 Å². The predicted molar refractivity (Wildman–Crippen MR) is 68.5 cm³/mol. The van der Waals surface area contributed by atoms with E-state index >= 15 is 0 Å². The molecular weight excluding hydrogens is 234 g/mol. The van der Waals surface area contributed by atoms with E-state index in [1.807, 2.05) is 19.1 Å². The normalized spacial score (nSPS) is 10.2. The second-order valence-electron chi connectivity index (χ2n) is 3.92. The molecule has 0 bridgehead atoms. The number of carbonyl (C=O) groups is 1. The molecule has 2 nitrogen and oxygen atoms in total. The maximum absolute atomic E-state index is 12.1. The Morgan fingerprint density at radius 1 is 1.24 bits per heavy atom. The Hall–Kier alpha value is -1.67. The minimum absolute atomic E-state index is 0.104. The smallest absolute Gasteiger partial charge is 0.167 e. The zero-order chi connectivity index (χ0) is 12.3. The number of aryl methyl sites for hydroxylation is 1. The van der Waals surface area contributed by atoms with Crippen molar-refractivity contribution in [1.29, 1.82) is 0 Å². The van der Waals surface area contributed by atoms with Crippen LogP contribution in [-0.4, -0.2) is 10.8 Å². The average Bonchev–Trinajstić information content (AvgIpc) is 2.32. The summed E-state index contributed by atoms with van der Waals surface area (Å²) in [5.41, 5.74) is 2.61. The highest BCUT2D eigenvalue weighted by Crippen LogP contribution is 2.13. The van der Waals surface area contributed by atoms with Gasteiger partial charge in [-0.05, 0) is 36.2 Å². The van der Waals surface area contributed by atoms with E-state index in [1.165, 1.54) is 0 Å². The number of halogens is 1. The lowest BCUT2D eigenvalue weighted by molar-refractivity contribution is 0.0992. The molecule has 1 aromatic heterocycles. The first-order valence-electron chi connectivity index (χ1n) is 5.35.